The van der Waals surface area contributed by atoms with Gasteiger partial charge >= 0.3 is 0 Å². The van der Waals surface area contributed by atoms with E-state index in [4.69, 9.17) is 0 Å². The van der Waals surface area contributed by atoms with Crippen LogP contribution in [-0.4, -0.2) is 36.1 Å². The van der Waals surface area contributed by atoms with Gasteiger partial charge in [-0.05, 0) is 24.7 Å². The van der Waals surface area contributed by atoms with Gasteiger partial charge in [0.2, 0.25) is 0 Å². The van der Waals surface area contributed by atoms with Crippen LogP contribution in [0.5, 0.6) is 0 Å². The second-order valence-corrected chi connectivity index (χ2v) is 6.94. The molecule has 1 unspecified atom stereocenters. The second-order valence-electron chi connectivity index (χ2n) is 6.94. The van der Waals surface area contributed by atoms with Gasteiger partial charge in [-0.3, -0.25) is 4.90 Å². The number of rotatable bonds is 10. The highest BCUT2D eigenvalue weighted by Crippen LogP contribution is 2.20. The van der Waals surface area contributed by atoms with E-state index in [2.05, 4.69) is 65.6 Å². The molecule has 19 heavy (non-hydrogen) atoms. The van der Waals surface area contributed by atoms with Gasteiger partial charge in [0.05, 0.1) is 0 Å². The molecule has 2 nitrogen and oxygen atoms in total. The Hall–Kier alpha value is -0.0800. The zero-order valence-electron chi connectivity index (χ0n) is 14.7. The summed E-state index contributed by atoms with van der Waals surface area (Å²) in [7, 11) is 0. The third-order valence-electron chi connectivity index (χ3n) is 3.92. The highest BCUT2D eigenvalue weighted by atomic mass is 15.2. The Kier molecular flexibility index (Phi) is 9.72. The summed E-state index contributed by atoms with van der Waals surface area (Å²) in [5.41, 5.74) is 0. The van der Waals surface area contributed by atoms with Gasteiger partial charge in [0, 0.05) is 31.2 Å². The van der Waals surface area contributed by atoms with Gasteiger partial charge in [-0.1, -0.05) is 55.4 Å². The summed E-state index contributed by atoms with van der Waals surface area (Å²) < 4.78 is 0. The van der Waals surface area contributed by atoms with Crippen LogP contribution in [0.3, 0.4) is 0 Å². The number of nitrogens with zero attached hydrogens (tertiary/aromatic N) is 1. The van der Waals surface area contributed by atoms with Gasteiger partial charge in [-0.15, -0.1) is 0 Å². The SMILES string of the molecule is CCC(CC)N(CC(C)C)C(CNC(C)C)C(C)C. The summed E-state index contributed by atoms with van der Waals surface area (Å²) in [4.78, 5) is 2.77. The van der Waals surface area contributed by atoms with Crippen LogP contribution in [0.4, 0.5) is 0 Å². The molecule has 0 aliphatic heterocycles. The van der Waals surface area contributed by atoms with E-state index in [0.717, 1.165) is 18.5 Å². The molecule has 116 valence electrons. The van der Waals surface area contributed by atoms with Crippen molar-refractivity contribution in [2.24, 2.45) is 11.8 Å². The van der Waals surface area contributed by atoms with Crippen molar-refractivity contribution in [1.82, 2.24) is 10.2 Å². The van der Waals surface area contributed by atoms with Gasteiger partial charge in [-0.2, -0.15) is 0 Å². The Bertz CT molecular complexity index is 207. The Labute approximate surface area is 122 Å². The van der Waals surface area contributed by atoms with E-state index in [1.807, 2.05) is 0 Å². The maximum absolute atomic E-state index is 3.64. The molecular weight excluding hydrogens is 232 g/mol. The van der Waals surface area contributed by atoms with Crippen LogP contribution in [0, 0.1) is 11.8 Å². The molecule has 0 spiro atoms. The van der Waals surface area contributed by atoms with Crippen LogP contribution in [0.2, 0.25) is 0 Å². The summed E-state index contributed by atoms with van der Waals surface area (Å²) in [6.07, 6.45) is 2.52. The van der Waals surface area contributed by atoms with E-state index < -0.39 is 0 Å². The lowest BCUT2D eigenvalue weighted by Gasteiger charge is -2.41. The summed E-state index contributed by atoms with van der Waals surface area (Å²) in [5, 5.41) is 3.64. The van der Waals surface area contributed by atoms with E-state index >= 15 is 0 Å². The predicted molar refractivity (Wildman–Crippen MR) is 87.7 cm³/mol. The molecule has 0 saturated carbocycles. The fourth-order valence-electron chi connectivity index (χ4n) is 2.83. The average molecular weight is 271 g/mol. The van der Waals surface area contributed by atoms with Gasteiger partial charge in [0.1, 0.15) is 0 Å². The molecule has 0 aliphatic rings. The molecule has 2 heteroatoms. The Morgan fingerprint density at radius 3 is 1.74 bits per heavy atom. The molecule has 0 amide bonds. The van der Waals surface area contributed by atoms with E-state index in [1.165, 1.54) is 19.4 Å². The van der Waals surface area contributed by atoms with Crippen LogP contribution in [-0.2, 0) is 0 Å². The smallest absolute Gasteiger partial charge is 0.0246 e. The van der Waals surface area contributed by atoms with Crippen molar-refractivity contribution in [2.75, 3.05) is 13.1 Å². The molecule has 0 aromatic rings. The molecule has 0 fully saturated rings. The third-order valence-corrected chi connectivity index (χ3v) is 3.92. The predicted octanol–water partition coefficient (Wildman–Crippen LogP) is 4.16. The molecular formula is C17H38N2. The van der Waals surface area contributed by atoms with Crippen molar-refractivity contribution in [3.05, 3.63) is 0 Å². The lowest BCUT2D eigenvalue weighted by molar-refractivity contribution is 0.0793. The van der Waals surface area contributed by atoms with Crippen molar-refractivity contribution in [1.29, 1.82) is 0 Å². The lowest BCUT2D eigenvalue weighted by atomic mass is 9.96. The molecule has 0 heterocycles. The van der Waals surface area contributed by atoms with Crippen LogP contribution in [0.1, 0.15) is 68.2 Å². The van der Waals surface area contributed by atoms with Crippen LogP contribution in [0.25, 0.3) is 0 Å². The lowest BCUT2D eigenvalue weighted by Crippen LogP contribution is -2.52. The largest absolute Gasteiger partial charge is 0.313 e. The topological polar surface area (TPSA) is 15.3 Å². The van der Waals surface area contributed by atoms with Crippen LogP contribution in [0.15, 0.2) is 0 Å². The molecule has 1 N–H and O–H groups in total. The molecule has 1 atom stereocenters. The average Bonchev–Trinajstić information content (AvgIpc) is 2.28. The Morgan fingerprint density at radius 1 is 0.895 bits per heavy atom. The minimum absolute atomic E-state index is 0.573. The quantitative estimate of drug-likeness (QED) is 0.641. The monoisotopic (exact) mass is 270 g/mol. The molecule has 0 radical (unpaired) electrons. The van der Waals surface area contributed by atoms with Crippen molar-refractivity contribution in [3.8, 4) is 0 Å². The first kappa shape index (κ1) is 18.9. The van der Waals surface area contributed by atoms with E-state index in [0.29, 0.717) is 18.0 Å². The molecule has 0 aromatic carbocycles. The third kappa shape index (κ3) is 7.31. The molecule has 0 rings (SSSR count). The minimum Gasteiger partial charge on any atom is -0.313 e. The maximum Gasteiger partial charge on any atom is 0.0246 e. The zero-order chi connectivity index (χ0) is 15.0. The Balaban J connectivity index is 4.89. The molecule has 0 bridgehead atoms. The molecule has 0 aromatic heterocycles. The molecule has 0 aliphatic carbocycles. The zero-order valence-corrected chi connectivity index (χ0v) is 14.7. The first-order valence-corrected chi connectivity index (χ1v) is 8.32. The first-order valence-electron chi connectivity index (χ1n) is 8.32. The highest BCUT2D eigenvalue weighted by Gasteiger charge is 2.27. The van der Waals surface area contributed by atoms with Crippen LogP contribution >= 0.6 is 0 Å². The number of nitrogens with one attached hydrogen (secondary N) is 1. The fraction of sp³-hybridized carbons (Fsp3) is 1.00. The Morgan fingerprint density at radius 2 is 1.42 bits per heavy atom. The second kappa shape index (κ2) is 9.77. The van der Waals surface area contributed by atoms with Crippen molar-refractivity contribution in [2.45, 2.75) is 86.4 Å². The van der Waals surface area contributed by atoms with Crippen LogP contribution < -0.4 is 5.32 Å². The minimum atomic E-state index is 0.573. The first-order chi connectivity index (χ1) is 8.83. The van der Waals surface area contributed by atoms with Crippen molar-refractivity contribution in [3.63, 3.8) is 0 Å². The summed E-state index contributed by atoms with van der Waals surface area (Å²) in [6.45, 7) is 20.9. The summed E-state index contributed by atoms with van der Waals surface area (Å²) in [5.74, 6) is 1.44. The van der Waals surface area contributed by atoms with Gasteiger partial charge in [0.15, 0.2) is 0 Å². The van der Waals surface area contributed by atoms with E-state index in [-0.39, 0.29) is 0 Å². The van der Waals surface area contributed by atoms with E-state index in [9.17, 15) is 0 Å². The van der Waals surface area contributed by atoms with Gasteiger partial charge < -0.3 is 5.32 Å². The number of hydrogen-bond acceptors (Lipinski definition) is 2. The highest BCUT2D eigenvalue weighted by molar-refractivity contribution is 4.83. The van der Waals surface area contributed by atoms with Crippen molar-refractivity contribution >= 4 is 0 Å². The van der Waals surface area contributed by atoms with Gasteiger partial charge in [0.25, 0.3) is 0 Å². The fourth-order valence-corrected chi connectivity index (χ4v) is 2.83. The number of hydrogen-bond donors (Lipinski definition) is 1. The molecule has 0 saturated heterocycles. The summed E-state index contributed by atoms with van der Waals surface area (Å²) in [6, 6.07) is 1.95. The normalized spacial score (nSPS) is 14.4. The van der Waals surface area contributed by atoms with Crippen molar-refractivity contribution < 1.29 is 0 Å². The van der Waals surface area contributed by atoms with E-state index in [1.54, 1.807) is 0 Å². The standard InChI is InChI=1S/C17H38N2/c1-9-16(10-2)19(12-13(3)4)17(14(5)6)11-18-15(7)8/h13-18H,9-12H2,1-8H3. The maximum atomic E-state index is 3.64. The van der Waals surface area contributed by atoms with Gasteiger partial charge in [-0.25, -0.2) is 0 Å². The summed E-state index contributed by atoms with van der Waals surface area (Å²) >= 11 is 0.